The number of anilines is 1. The molecule has 4 atom stereocenters. The summed E-state index contributed by atoms with van der Waals surface area (Å²) in [4.78, 5) is 12.7. The molecule has 0 spiro atoms. The quantitative estimate of drug-likeness (QED) is 0.505. The van der Waals surface area contributed by atoms with Gasteiger partial charge in [0.05, 0.1) is 30.9 Å². The number of hydrazone groups is 1. The molecule has 0 radical (unpaired) electrons. The van der Waals surface area contributed by atoms with Gasteiger partial charge in [-0.3, -0.25) is 5.01 Å². The Bertz CT molecular complexity index is 1190. The molecule has 0 N–H and O–H groups in total. The van der Waals surface area contributed by atoms with Crippen molar-refractivity contribution in [2.45, 2.75) is 51.4 Å². The lowest BCUT2D eigenvalue weighted by atomic mass is 9.78. The largest absolute Gasteiger partial charge is 0.464 e. The highest BCUT2D eigenvalue weighted by molar-refractivity contribution is 7.05. The number of nitrogens with zero attached hydrogens (tertiary/aromatic N) is 2. The fourth-order valence-corrected chi connectivity index (χ4v) is 16.4. The predicted octanol–water partition coefficient (Wildman–Crippen LogP) is 3.01. The number of esters is 1. The van der Waals surface area contributed by atoms with E-state index in [1.165, 1.54) is 34.2 Å². The van der Waals surface area contributed by atoms with Crippen molar-refractivity contribution in [1.29, 1.82) is 0 Å². The molecule has 6 rings (SSSR count). The number of hydrogen-bond acceptors (Lipinski definition) is 6. The van der Waals surface area contributed by atoms with Crippen LogP contribution < -0.4 is 15.4 Å². The Morgan fingerprint density at radius 3 is 2.19 bits per heavy atom. The Hall–Kier alpha value is -2.27. The number of rotatable bonds is 2. The van der Waals surface area contributed by atoms with E-state index in [1.54, 1.807) is 0 Å². The van der Waals surface area contributed by atoms with Gasteiger partial charge in [0.25, 0.3) is 0 Å². The molecule has 2 aromatic carbocycles. The minimum absolute atomic E-state index is 0.0558. The normalized spacial score (nSPS) is 30.1. The van der Waals surface area contributed by atoms with Crippen LogP contribution in [0, 0.1) is 12.8 Å². The fourth-order valence-electron chi connectivity index (χ4n) is 6.13. The van der Waals surface area contributed by atoms with Crippen molar-refractivity contribution in [3.63, 3.8) is 0 Å². The summed E-state index contributed by atoms with van der Waals surface area (Å²) in [5.41, 5.74) is 5.05. The molecule has 32 heavy (non-hydrogen) atoms. The topological polar surface area (TPSA) is 60.4 Å². The maximum Gasteiger partial charge on any atom is 0.354 e. The predicted molar refractivity (Wildman–Crippen MR) is 129 cm³/mol. The van der Waals surface area contributed by atoms with E-state index < -0.39 is 16.6 Å². The molecule has 1 saturated heterocycles. The molecule has 4 heterocycles. The summed E-state index contributed by atoms with van der Waals surface area (Å²) >= 11 is 0. The summed E-state index contributed by atoms with van der Waals surface area (Å²) in [7, 11) is -2.46. The number of carbonyl (C=O) groups excluding carboxylic acids is 1. The Balaban J connectivity index is 1.50. The summed E-state index contributed by atoms with van der Waals surface area (Å²) in [6.07, 6.45) is -0.318. The highest BCUT2D eigenvalue weighted by atomic mass is 28.4. The molecule has 2 aromatic rings. The van der Waals surface area contributed by atoms with E-state index in [-0.39, 0.29) is 30.1 Å². The third-order valence-electron chi connectivity index (χ3n) is 7.45. The van der Waals surface area contributed by atoms with E-state index in [2.05, 4.69) is 69.5 Å². The molecule has 166 valence electrons. The lowest BCUT2D eigenvalue weighted by molar-refractivity contribution is -0.133. The van der Waals surface area contributed by atoms with Gasteiger partial charge in [-0.25, -0.2) is 4.79 Å². The zero-order chi connectivity index (χ0) is 22.6. The van der Waals surface area contributed by atoms with Crippen LogP contribution in [0.4, 0.5) is 5.69 Å². The molecule has 8 heteroatoms. The lowest BCUT2D eigenvalue weighted by Crippen LogP contribution is -2.46. The highest BCUT2D eigenvalue weighted by Gasteiger charge is 2.62. The molecule has 6 nitrogen and oxygen atoms in total. The summed E-state index contributed by atoms with van der Waals surface area (Å²) < 4.78 is 18.4. The highest BCUT2D eigenvalue weighted by Crippen LogP contribution is 2.58. The Morgan fingerprint density at radius 2 is 1.59 bits per heavy atom. The van der Waals surface area contributed by atoms with Crippen LogP contribution in [-0.2, 0) is 18.4 Å². The summed E-state index contributed by atoms with van der Waals surface area (Å²) in [6, 6.07) is 12.9. The van der Waals surface area contributed by atoms with Crippen LogP contribution >= 0.6 is 0 Å². The van der Waals surface area contributed by atoms with E-state index in [9.17, 15) is 4.79 Å². The van der Waals surface area contributed by atoms with Crippen molar-refractivity contribution >= 4 is 44.4 Å². The van der Waals surface area contributed by atoms with Crippen LogP contribution in [0.1, 0.15) is 28.9 Å². The second-order valence-electron chi connectivity index (χ2n) is 10.3. The van der Waals surface area contributed by atoms with E-state index in [0.717, 1.165) is 5.69 Å². The van der Waals surface area contributed by atoms with Crippen LogP contribution in [0.25, 0.3) is 0 Å². The molecule has 0 aliphatic carbocycles. The number of carbonyl (C=O) groups is 1. The third kappa shape index (κ3) is 2.58. The van der Waals surface area contributed by atoms with Crippen LogP contribution in [0.15, 0.2) is 41.5 Å². The van der Waals surface area contributed by atoms with Crippen LogP contribution in [0.5, 0.6) is 0 Å². The monoisotopic (exact) mass is 464 g/mol. The van der Waals surface area contributed by atoms with Crippen LogP contribution in [-0.4, -0.2) is 41.5 Å². The van der Waals surface area contributed by atoms with Crippen molar-refractivity contribution in [2.75, 3.05) is 12.1 Å². The van der Waals surface area contributed by atoms with Gasteiger partial charge in [0, 0.05) is 0 Å². The number of methoxy groups -OCH3 is 1. The van der Waals surface area contributed by atoms with Crippen molar-refractivity contribution in [1.82, 2.24) is 0 Å². The maximum absolute atomic E-state index is 12.7. The molecule has 2 bridgehead atoms. The molecule has 0 saturated carbocycles. The van der Waals surface area contributed by atoms with Crippen LogP contribution in [0.2, 0.25) is 26.2 Å². The Labute approximate surface area is 190 Å². The number of ether oxygens (including phenoxy) is 2. The Kier molecular flexibility index (Phi) is 4.07. The van der Waals surface area contributed by atoms with Gasteiger partial charge in [-0.2, -0.15) is 5.10 Å². The number of hydrogen-bond donors (Lipinski definition) is 0. The second kappa shape index (κ2) is 6.41. The average molecular weight is 465 g/mol. The first-order chi connectivity index (χ1) is 15.1. The fraction of sp³-hybridized carbons (Fsp3) is 0.417. The standard InChI is InChI=1S/C24H28N2O4Si2/c1-13-7-9-14(10-8-13)26-21-19(20(25-26)24(27)28-2)22-15-11-17-18(12-16(15)23(21)29-22)32(5,6)30-31(17,3)4/h7-12,19,21-23H,1-6H3. The first-order valence-corrected chi connectivity index (χ1v) is 17.0. The van der Waals surface area contributed by atoms with Gasteiger partial charge >= 0.3 is 5.97 Å². The van der Waals surface area contributed by atoms with Crippen LogP contribution in [0.3, 0.4) is 0 Å². The minimum Gasteiger partial charge on any atom is -0.464 e. The van der Waals surface area contributed by atoms with Gasteiger partial charge in [-0.15, -0.1) is 0 Å². The Morgan fingerprint density at radius 1 is 1.00 bits per heavy atom. The zero-order valence-corrected chi connectivity index (χ0v) is 21.3. The van der Waals surface area contributed by atoms with Gasteiger partial charge in [-0.05, 0) is 66.7 Å². The molecular weight excluding hydrogens is 436 g/mol. The maximum atomic E-state index is 12.7. The van der Waals surface area contributed by atoms with Gasteiger partial charge in [0.2, 0.25) is 16.6 Å². The molecule has 4 aliphatic rings. The average Bonchev–Trinajstić information content (AvgIpc) is 3.45. The van der Waals surface area contributed by atoms with Crippen molar-refractivity contribution in [2.24, 2.45) is 11.0 Å². The van der Waals surface area contributed by atoms with Gasteiger partial charge in [-0.1, -0.05) is 29.8 Å². The van der Waals surface area contributed by atoms with Gasteiger partial charge in [0.15, 0.2) is 5.71 Å². The molecule has 4 unspecified atom stereocenters. The summed E-state index contributed by atoms with van der Waals surface area (Å²) in [5, 5.41) is 9.58. The van der Waals surface area contributed by atoms with Gasteiger partial charge < -0.3 is 13.6 Å². The minimum atomic E-state index is -1.94. The number of aryl methyl sites for hydroxylation is 1. The molecule has 1 fully saturated rings. The van der Waals surface area contributed by atoms with Crippen molar-refractivity contribution in [3.8, 4) is 0 Å². The van der Waals surface area contributed by atoms with E-state index in [4.69, 9.17) is 18.7 Å². The summed E-state index contributed by atoms with van der Waals surface area (Å²) in [5.74, 6) is -0.517. The molecule has 0 amide bonds. The molecule has 4 aliphatic heterocycles. The second-order valence-corrected chi connectivity index (χ2v) is 18.2. The zero-order valence-electron chi connectivity index (χ0n) is 19.3. The lowest BCUT2D eigenvalue weighted by Gasteiger charge is -2.31. The number of benzene rings is 2. The first kappa shape index (κ1) is 20.3. The van der Waals surface area contributed by atoms with E-state index in [1.807, 2.05) is 5.01 Å². The smallest absolute Gasteiger partial charge is 0.354 e. The van der Waals surface area contributed by atoms with E-state index in [0.29, 0.717) is 5.71 Å². The molecular formula is C24H28N2O4Si2. The van der Waals surface area contributed by atoms with Crippen molar-refractivity contribution in [3.05, 3.63) is 53.1 Å². The number of fused-ring (bicyclic) bond motifs is 9. The first-order valence-electron chi connectivity index (χ1n) is 11.2. The van der Waals surface area contributed by atoms with Crippen molar-refractivity contribution < 1.29 is 18.4 Å². The van der Waals surface area contributed by atoms with E-state index >= 15 is 0 Å². The SMILES string of the molecule is COC(=O)C1=NN(c2ccc(C)cc2)C2C3OC(c4cc5c(cc43)[Si](C)(C)O[Si]5(C)C)C12. The summed E-state index contributed by atoms with van der Waals surface area (Å²) in [6.45, 7) is 11.2. The third-order valence-corrected chi connectivity index (χ3v) is 15.2. The van der Waals surface area contributed by atoms with Gasteiger partial charge in [0.1, 0.15) is 6.10 Å². The molecule has 0 aromatic heterocycles.